The molecule has 1 saturated carbocycles. The monoisotopic (exact) mass is 386 g/mol. The predicted octanol–water partition coefficient (Wildman–Crippen LogP) is 4.57. The van der Waals surface area contributed by atoms with Gasteiger partial charge in [-0.3, -0.25) is 9.20 Å². The molecule has 5 nitrogen and oxygen atoms in total. The van der Waals surface area contributed by atoms with Crippen LogP contribution in [0.1, 0.15) is 41.0 Å². The summed E-state index contributed by atoms with van der Waals surface area (Å²) in [4.78, 5) is 20.3. The van der Waals surface area contributed by atoms with Gasteiger partial charge >= 0.3 is 0 Å². The second-order valence-corrected chi connectivity index (χ2v) is 8.26. The average Bonchev–Trinajstić information content (AvgIpc) is 3.33. The maximum atomic E-state index is 13.8. The molecule has 27 heavy (non-hydrogen) atoms. The summed E-state index contributed by atoms with van der Waals surface area (Å²) in [7, 11) is 3.50. The number of fused-ring (bicyclic) bond motifs is 1. The largest absolute Gasteiger partial charge is 0.367 e. The van der Waals surface area contributed by atoms with Crippen LogP contribution >= 0.6 is 11.3 Å². The van der Waals surface area contributed by atoms with Gasteiger partial charge in [0.25, 0.3) is 5.91 Å². The van der Waals surface area contributed by atoms with Gasteiger partial charge in [0.15, 0.2) is 4.96 Å². The van der Waals surface area contributed by atoms with Crippen molar-refractivity contribution in [2.24, 2.45) is 0 Å². The molecule has 0 unspecified atom stereocenters. The number of rotatable bonds is 4. The van der Waals surface area contributed by atoms with Crippen molar-refractivity contribution >= 4 is 28.0 Å². The van der Waals surface area contributed by atoms with Crippen LogP contribution in [-0.2, 0) is 0 Å². The lowest BCUT2D eigenvalue weighted by atomic mass is 10.1. The number of aromatic nitrogens is 2. The summed E-state index contributed by atoms with van der Waals surface area (Å²) >= 11 is 1.38. The molecule has 1 fully saturated rings. The second-order valence-electron chi connectivity index (χ2n) is 7.28. The standard InChI is InChI=1S/C20H23FN4OS/c1-12-17(19(26)24(2)3)27-20-23-16(13-7-6-8-14(21)11-13)18(25(12)20)22-15-9-4-5-10-15/h6-8,11,15,22H,4-5,9-10H2,1-3H3. The van der Waals surface area contributed by atoms with Crippen LogP contribution in [0.5, 0.6) is 0 Å². The fourth-order valence-corrected chi connectivity index (χ4v) is 4.83. The number of halogens is 1. The van der Waals surface area contributed by atoms with Crippen LogP contribution in [0.4, 0.5) is 10.2 Å². The Morgan fingerprint density at radius 1 is 1.33 bits per heavy atom. The molecule has 2 heterocycles. The van der Waals surface area contributed by atoms with Gasteiger partial charge in [-0.25, -0.2) is 9.37 Å². The van der Waals surface area contributed by atoms with E-state index in [4.69, 9.17) is 4.98 Å². The van der Waals surface area contributed by atoms with E-state index in [0.717, 1.165) is 40.6 Å². The van der Waals surface area contributed by atoms with Crippen molar-refractivity contribution in [2.75, 3.05) is 19.4 Å². The van der Waals surface area contributed by atoms with Gasteiger partial charge in [0.1, 0.15) is 22.2 Å². The Bertz CT molecular complexity index is 1000. The molecule has 1 aliphatic rings. The number of anilines is 1. The first-order chi connectivity index (χ1) is 13.0. The zero-order valence-electron chi connectivity index (χ0n) is 15.8. The van der Waals surface area contributed by atoms with Crippen molar-refractivity contribution in [1.29, 1.82) is 0 Å². The van der Waals surface area contributed by atoms with E-state index in [1.807, 2.05) is 17.4 Å². The van der Waals surface area contributed by atoms with E-state index in [-0.39, 0.29) is 11.7 Å². The number of carbonyl (C=O) groups is 1. The van der Waals surface area contributed by atoms with Crippen molar-refractivity contribution in [3.63, 3.8) is 0 Å². The topological polar surface area (TPSA) is 49.6 Å². The summed E-state index contributed by atoms with van der Waals surface area (Å²) in [6.45, 7) is 1.94. The molecule has 0 atom stereocenters. The normalized spacial score (nSPS) is 14.8. The number of aryl methyl sites for hydroxylation is 1. The fourth-order valence-electron chi connectivity index (χ4n) is 3.68. The Kier molecular flexibility index (Phi) is 4.63. The number of amides is 1. The van der Waals surface area contributed by atoms with E-state index >= 15 is 0 Å². The van der Waals surface area contributed by atoms with Crippen LogP contribution in [0.25, 0.3) is 16.2 Å². The predicted molar refractivity (Wildman–Crippen MR) is 107 cm³/mol. The van der Waals surface area contributed by atoms with Gasteiger partial charge in [-0.2, -0.15) is 0 Å². The van der Waals surface area contributed by atoms with Gasteiger partial charge in [0, 0.05) is 31.4 Å². The molecule has 7 heteroatoms. The molecule has 0 radical (unpaired) electrons. The minimum Gasteiger partial charge on any atom is -0.367 e. The zero-order chi connectivity index (χ0) is 19.1. The van der Waals surface area contributed by atoms with Crippen LogP contribution in [0.2, 0.25) is 0 Å². The van der Waals surface area contributed by atoms with E-state index in [2.05, 4.69) is 5.32 Å². The Hall–Kier alpha value is -2.41. The third-order valence-electron chi connectivity index (χ3n) is 5.10. The van der Waals surface area contributed by atoms with Crippen LogP contribution in [0.3, 0.4) is 0 Å². The highest BCUT2D eigenvalue weighted by Gasteiger charge is 2.26. The zero-order valence-corrected chi connectivity index (χ0v) is 16.6. The molecule has 1 aromatic carbocycles. The van der Waals surface area contributed by atoms with Gasteiger partial charge in [0.2, 0.25) is 0 Å². The van der Waals surface area contributed by atoms with Crippen LogP contribution in [0.15, 0.2) is 24.3 Å². The summed E-state index contributed by atoms with van der Waals surface area (Å²) in [6, 6.07) is 6.89. The summed E-state index contributed by atoms with van der Waals surface area (Å²) in [5, 5.41) is 3.63. The molecule has 0 aliphatic heterocycles. The van der Waals surface area contributed by atoms with Gasteiger partial charge in [-0.15, -0.1) is 0 Å². The number of carbonyl (C=O) groups excluding carboxylic acids is 1. The average molecular weight is 386 g/mol. The minimum absolute atomic E-state index is 0.0258. The Balaban J connectivity index is 1.88. The second kappa shape index (κ2) is 6.96. The summed E-state index contributed by atoms with van der Waals surface area (Å²) in [5.41, 5.74) is 2.34. The van der Waals surface area contributed by atoms with E-state index in [9.17, 15) is 9.18 Å². The molecular weight excluding hydrogens is 363 g/mol. The number of hydrogen-bond donors (Lipinski definition) is 1. The van der Waals surface area contributed by atoms with Gasteiger partial charge in [-0.1, -0.05) is 36.3 Å². The molecule has 0 spiro atoms. The lowest BCUT2D eigenvalue weighted by molar-refractivity contribution is 0.0831. The molecule has 142 valence electrons. The highest BCUT2D eigenvalue weighted by atomic mass is 32.1. The van der Waals surface area contributed by atoms with E-state index in [1.54, 1.807) is 25.1 Å². The number of thiazole rings is 1. The van der Waals surface area contributed by atoms with Crippen LogP contribution in [-0.4, -0.2) is 40.3 Å². The number of nitrogens with one attached hydrogen (secondary N) is 1. The molecule has 0 bridgehead atoms. The summed E-state index contributed by atoms with van der Waals surface area (Å²) in [5.74, 6) is 0.548. The lowest BCUT2D eigenvalue weighted by Crippen LogP contribution is -2.22. The smallest absolute Gasteiger partial charge is 0.265 e. The third-order valence-corrected chi connectivity index (χ3v) is 6.23. The third kappa shape index (κ3) is 3.20. The van der Waals surface area contributed by atoms with Crippen molar-refractivity contribution in [1.82, 2.24) is 14.3 Å². The fraction of sp³-hybridized carbons (Fsp3) is 0.400. The number of hydrogen-bond acceptors (Lipinski definition) is 4. The Labute approximate surface area is 161 Å². The Morgan fingerprint density at radius 3 is 2.74 bits per heavy atom. The van der Waals surface area contributed by atoms with Gasteiger partial charge in [-0.05, 0) is 31.9 Å². The number of imidazole rings is 1. The first-order valence-electron chi connectivity index (χ1n) is 9.21. The van der Waals surface area contributed by atoms with E-state index in [1.165, 1.54) is 36.3 Å². The van der Waals surface area contributed by atoms with Crippen LogP contribution in [0, 0.1) is 12.7 Å². The van der Waals surface area contributed by atoms with E-state index in [0.29, 0.717) is 10.9 Å². The van der Waals surface area contributed by atoms with Crippen molar-refractivity contribution < 1.29 is 9.18 Å². The summed E-state index contributed by atoms with van der Waals surface area (Å²) < 4.78 is 15.8. The molecule has 0 saturated heterocycles. The molecular formula is C20H23FN4OS. The lowest BCUT2D eigenvalue weighted by Gasteiger charge is -2.15. The molecule has 1 N–H and O–H groups in total. The van der Waals surface area contributed by atoms with Crippen molar-refractivity contribution in [3.05, 3.63) is 40.7 Å². The van der Waals surface area contributed by atoms with Gasteiger partial charge < -0.3 is 10.2 Å². The van der Waals surface area contributed by atoms with E-state index < -0.39 is 0 Å². The molecule has 3 aromatic rings. The maximum absolute atomic E-state index is 13.8. The van der Waals surface area contributed by atoms with Gasteiger partial charge in [0.05, 0.1) is 0 Å². The van der Waals surface area contributed by atoms with Crippen molar-refractivity contribution in [3.8, 4) is 11.3 Å². The molecule has 2 aromatic heterocycles. The minimum atomic E-state index is -0.282. The number of nitrogens with zero attached hydrogens (tertiary/aromatic N) is 3. The highest BCUT2D eigenvalue weighted by Crippen LogP contribution is 2.36. The molecule has 1 aliphatic carbocycles. The molecule has 4 rings (SSSR count). The molecule has 1 amide bonds. The first-order valence-corrected chi connectivity index (χ1v) is 10.0. The maximum Gasteiger partial charge on any atom is 0.265 e. The van der Waals surface area contributed by atoms with Crippen molar-refractivity contribution in [2.45, 2.75) is 38.6 Å². The number of benzene rings is 1. The SMILES string of the molecule is Cc1c(C(=O)N(C)C)sc2nc(-c3cccc(F)c3)c(NC3CCCC3)n12. The first kappa shape index (κ1) is 18.0. The Morgan fingerprint density at radius 2 is 2.07 bits per heavy atom. The highest BCUT2D eigenvalue weighted by molar-refractivity contribution is 7.19. The van der Waals surface area contributed by atoms with Crippen LogP contribution < -0.4 is 5.32 Å². The summed E-state index contributed by atoms with van der Waals surface area (Å²) in [6.07, 6.45) is 4.65. The quantitative estimate of drug-likeness (QED) is 0.715.